The molecule has 8 nitrogen and oxygen atoms in total. The van der Waals surface area contributed by atoms with Crippen molar-refractivity contribution in [2.24, 2.45) is 4.99 Å². The highest BCUT2D eigenvalue weighted by Crippen LogP contribution is 2.19. The van der Waals surface area contributed by atoms with E-state index in [0.29, 0.717) is 42.2 Å². The molecule has 0 bridgehead atoms. The number of aromatic nitrogens is 1. The van der Waals surface area contributed by atoms with Crippen LogP contribution in [0.2, 0.25) is 0 Å². The van der Waals surface area contributed by atoms with Crippen LogP contribution in [0.3, 0.4) is 0 Å². The van der Waals surface area contributed by atoms with Crippen LogP contribution in [0, 0.1) is 13.8 Å². The average molecular weight is 527 g/mol. The summed E-state index contributed by atoms with van der Waals surface area (Å²) < 4.78 is 31.9. The Hall–Kier alpha value is -1.18. The zero-order chi connectivity index (χ0) is 19.2. The first kappa shape index (κ1) is 23.9. The van der Waals surface area contributed by atoms with Crippen LogP contribution in [-0.4, -0.2) is 50.3 Å². The van der Waals surface area contributed by atoms with Gasteiger partial charge in [0.05, 0.1) is 5.69 Å². The van der Waals surface area contributed by atoms with Crippen molar-refractivity contribution in [3.05, 3.63) is 34.9 Å². The third-order valence-corrected chi connectivity index (χ3v) is 6.90. The van der Waals surface area contributed by atoms with Crippen molar-refractivity contribution in [2.75, 3.05) is 26.7 Å². The molecule has 0 aliphatic heterocycles. The zero-order valence-corrected chi connectivity index (χ0v) is 19.8. The minimum Gasteiger partial charge on any atom is -0.444 e. The number of rotatable bonds is 8. The largest absolute Gasteiger partial charge is 0.444 e. The fourth-order valence-electron chi connectivity index (χ4n) is 2.11. The molecule has 0 atom stereocenters. The fraction of sp³-hybridized carbons (Fsp3) is 0.500. The lowest BCUT2D eigenvalue weighted by molar-refractivity contribution is 0.469. The van der Waals surface area contributed by atoms with Crippen LogP contribution in [0.4, 0.5) is 0 Å². The second kappa shape index (κ2) is 11.0. The summed E-state index contributed by atoms with van der Waals surface area (Å²) in [4.78, 5) is 8.72. The Labute approximate surface area is 181 Å². The van der Waals surface area contributed by atoms with Gasteiger partial charge in [0.2, 0.25) is 5.89 Å². The predicted molar refractivity (Wildman–Crippen MR) is 118 cm³/mol. The van der Waals surface area contributed by atoms with Crippen molar-refractivity contribution in [3.8, 4) is 0 Å². The number of aryl methyl sites for hydroxylation is 2. The van der Waals surface area contributed by atoms with E-state index in [1.807, 2.05) is 20.8 Å². The molecule has 0 spiro atoms. The molecule has 0 radical (unpaired) electrons. The minimum absolute atomic E-state index is 0. The van der Waals surface area contributed by atoms with E-state index in [0.717, 1.165) is 11.5 Å². The first-order valence-corrected chi connectivity index (χ1v) is 10.6. The number of likely N-dealkylation sites (N-methyl/N-ethyl adjacent to an activating group) is 1. The summed E-state index contributed by atoms with van der Waals surface area (Å²) >= 11 is 1.21. The van der Waals surface area contributed by atoms with Gasteiger partial charge in [-0.2, -0.15) is 4.31 Å². The molecule has 0 amide bonds. The van der Waals surface area contributed by atoms with E-state index in [1.54, 1.807) is 24.6 Å². The Morgan fingerprint density at radius 2 is 2.11 bits per heavy atom. The van der Waals surface area contributed by atoms with Crippen molar-refractivity contribution in [2.45, 2.75) is 31.5 Å². The minimum atomic E-state index is -3.44. The molecule has 2 N–H and O–H groups in total. The van der Waals surface area contributed by atoms with Crippen LogP contribution in [0.5, 0.6) is 0 Å². The Kier molecular flexibility index (Phi) is 9.70. The standard InChI is InChI=1S/C16H25N5O3S2.HI/c1-5-17-16(19-11-14-20-12(2)13(3)24-14)18-8-9-21(4)26(22,23)15-7-6-10-25-15;/h6-7,10H,5,8-9,11H2,1-4H3,(H2,17,18,19);1H. The van der Waals surface area contributed by atoms with Gasteiger partial charge in [-0.3, -0.25) is 0 Å². The van der Waals surface area contributed by atoms with E-state index < -0.39 is 10.0 Å². The lowest BCUT2D eigenvalue weighted by Gasteiger charge is -2.17. The summed E-state index contributed by atoms with van der Waals surface area (Å²) in [6.07, 6.45) is 0. The SMILES string of the molecule is CCNC(=NCc1nc(C)c(C)o1)NCCN(C)S(=O)(=O)c1cccs1.I. The molecule has 0 aliphatic rings. The summed E-state index contributed by atoms with van der Waals surface area (Å²) in [7, 11) is -1.87. The van der Waals surface area contributed by atoms with Gasteiger partial charge in [-0.1, -0.05) is 6.07 Å². The molecule has 0 aromatic carbocycles. The van der Waals surface area contributed by atoms with Gasteiger partial charge in [0.1, 0.15) is 16.5 Å². The molecule has 0 saturated heterocycles. The first-order valence-electron chi connectivity index (χ1n) is 8.29. The van der Waals surface area contributed by atoms with E-state index in [-0.39, 0.29) is 24.0 Å². The molecule has 2 aromatic rings. The molecule has 0 unspecified atom stereocenters. The van der Waals surface area contributed by atoms with Gasteiger partial charge in [0, 0.05) is 26.7 Å². The first-order chi connectivity index (χ1) is 12.3. The quantitative estimate of drug-likeness (QED) is 0.311. The Morgan fingerprint density at radius 3 is 2.67 bits per heavy atom. The second-order valence-corrected chi connectivity index (χ2v) is 8.85. The monoisotopic (exact) mass is 527 g/mol. The third-order valence-electron chi connectivity index (χ3n) is 3.67. The number of guanidine groups is 1. The van der Waals surface area contributed by atoms with Crippen molar-refractivity contribution in [3.63, 3.8) is 0 Å². The van der Waals surface area contributed by atoms with E-state index in [1.165, 1.54) is 15.6 Å². The molecule has 2 rings (SSSR count). The second-order valence-electron chi connectivity index (χ2n) is 5.63. The number of thiophene rings is 1. The fourth-order valence-corrected chi connectivity index (χ4v) is 4.48. The van der Waals surface area contributed by atoms with Crippen molar-refractivity contribution >= 4 is 51.3 Å². The number of halogens is 1. The predicted octanol–water partition coefficient (Wildman–Crippen LogP) is 2.35. The van der Waals surface area contributed by atoms with Crippen LogP contribution < -0.4 is 10.6 Å². The summed E-state index contributed by atoms with van der Waals surface area (Å²) in [5, 5.41) is 8.00. The van der Waals surface area contributed by atoms with Gasteiger partial charge in [0.25, 0.3) is 10.0 Å². The molecule has 0 fully saturated rings. The molecule has 2 aromatic heterocycles. The zero-order valence-electron chi connectivity index (χ0n) is 15.9. The average Bonchev–Trinajstić information content (AvgIpc) is 3.23. The lowest BCUT2D eigenvalue weighted by atomic mass is 10.4. The van der Waals surface area contributed by atoms with Crippen LogP contribution in [0.25, 0.3) is 0 Å². The highest BCUT2D eigenvalue weighted by molar-refractivity contribution is 14.0. The van der Waals surface area contributed by atoms with Crippen molar-refractivity contribution < 1.29 is 12.8 Å². The Morgan fingerprint density at radius 1 is 1.37 bits per heavy atom. The van der Waals surface area contributed by atoms with Gasteiger partial charge in [-0.15, -0.1) is 35.3 Å². The highest BCUT2D eigenvalue weighted by atomic mass is 127. The van der Waals surface area contributed by atoms with Gasteiger partial charge in [0.15, 0.2) is 5.96 Å². The summed E-state index contributed by atoms with van der Waals surface area (Å²) in [6.45, 7) is 7.47. The molecule has 2 heterocycles. The van der Waals surface area contributed by atoms with Crippen LogP contribution >= 0.6 is 35.3 Å². The van der Waals surface area contributed by atoms with E-state index in [4.69, 9.17) is 4.42 Å². The van der Waals surface area contributed by atoms with Gasteiger partial charge >= 0.3 is 0 Å². The summed E-state index contributed by atoms with van der Waals surface area (Å²) in [6, 6.07) is 3.33. The van der Waals surface area contributed by atoms with Crippen molar-refractivity contribution in [1.82, 2.24) is 19.9 Å². The third kappa shape index (κ3) is 6.73. The number of nitrogens with one attached hydrogen (secondary N) is 2. The molecule has 11 heteroatoms. The Balaban J connectivity index is 0.00000364. The number of aliphatic imine (C=N–C) groups is 1. The smallest absolute Gasteiger partial charge is 0.252 e. The van der Waals surface area contributed by atoms with Gasteiger partial charge in [-0.05, 0) is 32.2 Å². The Bertz CT molecular complexity index is 815. The molecule has 152 valence electrons. The van der Waals surface area contributed by atoms with E-state index in [9.17, 15) is 8.42 Å². The molecule has 0 aliphatic carbocycles. The van der Waals surface area contributed by atoms with Gasteiger partial charge < -0.3 is 15.1 Å². The van der Waals surface area contributed by atoms with E-state index in [2.05, 4.69) is 20.6 Å². The lowest BCUT2D eigenvalue weighted by Crippen LogP contribution is -2.42. The molecular formula is C16H26IN5O3S2. The number of hydrogen-bond acceptors (Lipinski definition) is 6. The summed E-state index contributed by atoms with van der Waals surface area (Å²) in [5.41, 5.74) is 0.855. The maximum Gasteiger partial charge on any atom is 0.252 e. The number of oxazole rings is 1. The van der Waals surface area contributed by atoms with Crippen LogP contribution in [0.1, 0.15) is 24.3 Å². The van der Waals surface area contributed by atoms with Crippen molar-refractivity contribution in [1.29, 1.82) is 0 Å². The summed E-state index contributed by atoms with van der Waals surface area (Å²) in [5.74, 6) is 1.92. The maximum atomic E-state index is 12.4. The molecular weight excluding hydrogens is 501 g/mol. The van der Waals surface area contributed by atoms with Gasteiger partial charge in [-0.25, -0.2) is 18.4 Å². The maximum absolute atomic E-state index is 12.4. The molecule has 27 heavy (non-hydrogen) atoms. The topological polar surface area (TPSA) is 99.8 Å². The van der Waals surface area contributed by atoms with E-state index >= 15 is 0 Å². The van der Waals surface area contributed by atoms with Crippen LogP contribution in [-0.2, 0) is 16.6 Å². The highest BCUT2D eigenvalue weighted by Gasteiger charge is 2.21. The normalized spacial score (nSPS) is 12.1. The number of sulfonamides is 1. The van der Waals surface area contributed by atoms with Crippen LogP contribution in [0.15, 0.2) is 31.1 Å². The molecule has 0 saturated carbocycles. The number of nitrogens with zero attached hydrogens (tertiary/aromatic N) is 3. The number of hydrogen-bond donors (Lipinski definition) is 2.